The third kappa shape index (κ3) is 4.87. The average molecular weight is 430 g/mol. The molecule has 0 bridgehead atoms. The number of benzene rings is 1. The summed E-state index contributed by atoms with van der Waals surface area (Å²) in [4.78, 5) is 34.5. The normalized spacial score (nSPS) is 13.8. The van der Waals surface area contributed by atoms with E-state index in [0.29, 0.717) is 30.2 Å². The van der Waals surface area contributed by atoms with Crippen LogP contribution in [0, 0.1) is 0 Å². The quantitative estimate of drug-likeness (QED) is 0.576. The number of carbonyl (C=O) groups excluding carboxylic acids is 1. The summed E-state index contributed by atoms with van der Waals surface area (Å²) >= 11 is 7.53. The van der Waals surface area contributed by atoms with Gasteiger partial charge in [-0.05, 0) is 55.4 Å². The molecule has 0 radical (unpaired) electrons. The topological polar surface area (TPSA) is 74.8 Å². The van der Waals surface area contributed by atoms with Crippen molar-refractivity contribution in [2.75, 3.05) is 6.54 Å². The molecule has 3 aromatic rings. The number of amides is 1. The standard InChI is InChI=1S/C22H24ClN3O2S/c23-15-8-6-14(7-9-15)12-13-24-19(27)11-10-18-25-21(28)20-16-4-2-1-3-5-17(16)29-22(20)26-18/h6-9H,1-5,10-13H2,(H,24,27)(H,25,26,28). The predicted octanol–water partition coefficient (Wildman–Crippen LogP) is 4.20. The van der Waals surface area contributed by atoms with E-state index in [1.54, 1.807) is 11.3 Å². The second kappa shape index (κ2) is 9.09. The minimum atomic E-state index is -0.0625. The number of nitrogens with zero attached hydrogens (tertiary/aromatic N) is 1. The van der Waals surface area contributed by atoms with Crippen LogP contribution >= 0.6 is 22.9 Å². The number of carbonyl (C=O) groups is 1. The second-order valence-electron chi connectivity index (χ2n) is 7.48. The third-order valence-corrected chi connectivity index (χ3v) is 6.80. The highest BCUT2D eigenvalue weighted by atomic mass is 35.5. The first-order valence-corrected chi connectivity index (χ1v) is 11.3. The molecule has 0 aliphatic heterocycles. The van der Waals surface area contributed by atoms with Gasteiger partial charge in [0.1, 0.15) is 10.7 Å². The molecule has 2 heterocycles. The van der Waals surface area contributed by atoms with Crippen LogP contribution in [-0.4, -0.2) is 22.4 Å². The molecule has 29 heavy (non-hydrogen) atoms. The molecular formula is C22H24ClN3O2S. The molecule has 5 nitrogen and oxygen atoms in total. The maximum Gasteiger partial charge on any atom is 0.259 e. The monoisotopic (exact) mass is 429 g/mol. The van der Waals surface area contributed by atoms with Gasteiger partial charge in [0.15, 0.2) is 0 Å². The van der Waals surface area contributed by atoms with Crippen LogP contribution in [0.3, 0.4) is 0 Å². The zero-order valence-corrected chi connectivity index (χ0v) is 17.8. The predicted molar refractivity (Wildman–Crippen MR) is 118 cm³/mol. The van der Waals surface area contributed by atoms with Gasteiger partial charge in [-0.15, -0.1) is 11.3 Å². The van der Waals surface area contributed by atoms with Crippen molar-refractivity contribution in [1.29, 1.82) is 0 Å². The number of aromatic nitrogens is 2. The summed E-state index contributed by atoms with van der Waals surface area (Å²) in [6.07, 6.45) is 7.04. The molecule has 2 N–H and O–H groups in total. The zero-order valence-electron chi connectivity index (χ0n) is 16.2. The van der Waals surface area contributed by atoms with Gasteiger partial charge in [-0.25, -0.2) is 4.98 Å². The Kier molecular flexibility index (Phi) is 6.31. The Balaban J connectivity index is 1.35. The molecule has 2 aromatic heterocycles. The maximum atomic E-state index is 12.6. The van der Waals surface area contributed by atoms with Crippen molar-refractivity contribution in [2.24, 2.45) is 0 Å². The minimum Gasteiger partial charge on any atom is -0.356 e. The molecule has 0 spiro atoms. The van der Waals surface area contributed by atoms with E-state index in [2.05, 4.69) is 15.3 Å². The first-order valence-electron chi connectivity index (χ1n) is 10.1. The Morgan fingerprint density at radius 1 is 1.14 bits per heavy atom. The molecule has 1 aliphatic carbocycles. The molecule has 1 amide bonds. The van der Waals surface area contributed by atoms with E-state index in [1.807, 2.05) is 24.3 Å². The van der Waals surface area contributed by atoms with Crippen LogP contribution in [0.2, 0.25) is 5.02 Å². The van der Waals surface area contributed by atoms with Crippen LogP contribution in [0.1, 0.15) is 47.5 Å². The van der Waals surface area contributed by atoms with Gasteiger partial charge in [0.05, 0.1) is 5.39 Å². The van der Waals surface area contributed by atoms with Crippen molar-refractivity contribution >= 4 is 39.1 Å². The van der Waals surface area contributed by atoms with Gasteiger partial charge in [-0.1, -0.05) is 30.2 Å². The fourth-order valence-corrected chi connectivity index (χ4v) is 5.23. The summed E-state index contributed by atoms with van der Waals surface area (Å²) < 4.78 is 0. The van der Waals surface area contributed by atoms with Crippen molar-refractivity contribution in [2.45, 2.75) is 51.4 Å². The van der Waals surface area contributed by atoms with Gasteiger partial charge in [0.25, 0.3) is 5.56 Å². The van der Waals surface area contributed by atoms with Crippen LogP contribution in [0.25, 0.3) is 10.2 Å². The number of aryl methyl sites for hydroxylation is 3. The maximum absolute atomic E-state index is 12.6. The Labute approximate surface area is 178 Å². The molecule has 0 unspecified atom stereocenters. The van der Waals surface area contributed by atoms with E-state index in [0.717, 1.165) is 41.5 Å². The van der Waals surface area contributed by atoms with E-state index in [1.165, 1.54) is 23.3 Å². The number of hydrogen-bond acceptors (Lipinski definition) is 4. The highest BCUT2D eigenvalue weighted by Gasteiger charge is 2.19. The van der Waals surface area contributed by atoms with E-state index in [4.69, 9.17) is 11.6 Å². The third-order valence-electron chi connectivity index (χ3n) is 5.36. The zero-order chi connectivity index (χ0) is 20.2. The second-order valence-corrected chi connectivity index (χ2v) is 9.00. The van der Waals surface area contributed by atoms with Crippen molar-refractivity contribution in [3.63, 3.8) is 0 Å². The number of H-pyrrole nitrogens is 1. The minimum absolute atomic E-state index is 0.0383. The number of nitrogens with one attached hydrogen (secondary N) is 2. The van der Waals surface area contributed by atoms with Crippen molar-refractivity contribution in [1.82, 2.24) is 15.3 Å². The molecule has 0 atom stereocenters. The number of rotatable bonds is 6. The van der Waals surface area contributed by atoms with Gasteiger partial charge in [-0.2, -0.15) is 0 Å². The van der Waals surface area contributed by atoms with Crippen LogP contribution in [0.15, 0.2) is 29.1 Å². The SMILES string of the molecule is O=C(CCc1nc2sc3c(c2c(=O)[nH]1)CCCCC3)NCCc1ccc(Cl)cc1. The lowest BCUT2D eigenvalue weighted by Crippen LogP contribution is -2.26. The van der Waals surface area contributed by atoms with Crippen LogP contribution < -0.4 is 10.9 Å². The molecule has 0 saturated carbocycles. The van der Waals surface area contributed by atoms with Crippen LogP contribution in [0.5, 0.6) is 0 Å². The first-order chi connectivity index (χ1) is 14.1. The van der Waals surface area contributed by atoms with E-state index >= 15 is 0 Å². The summed E-state index contributed by atoms with van der Waals surface area (Å²) in [5, 5.41) is 4.40. The number of hydrogen-bond donors (Lipinski definition) is 2. The Bertz CT molecular complexity index is 1070. The van der Waals surface area contributed by atoms with E-state index in [-0.39, 0.29) is 11.5 Å². The Hall–Kier alpha value is -2.18. The summed E-state index contributed by atoms with van der Waals surface area (Å²) in [6, 6.07) is 7.62. The summed E-state index contributed by atoms with van der Waals surface area (Å²) in [5.74, 6) is 0.551. The largest absolute Gasteiger partial charge is 0.356 e. The highest BCUT2D eigenvalue weighted by molar-refractivity contribution is 7.18. The summed E-state index contributed by atoms with van der Waals surface area (Å²) in [6.45, 7) is 0.571. The Morgan fingerprint density at radius 3 is 2.76 bits per heavy atom. The van der Waals surface area contributed by atoms with Crippen molar-refractivity contribution in [3.8, 4) is 0 Å². The van der Waals surface area contributed by atoms with Crippen molar-refractivity contribution < 1.29 is 4.79 Å². The molecule has 4 rings (SSSR count). The van der Waals surface area contributed by atoms with E-state index < -0.39 is 0 Å². The van der Waals surface area contributed by atoms with E-state index in [9.17, 15) is 9.59 Å². The van der Waals surface area contributed by atoms with Gasteiger partial charge in [-0.3, -0.25) is 9.59 Å². The van der Waals surface area contributed by atoms with Crippen LogP contribution in [0.4, 0.5) is 0 Å². The van der Waals surface area contributed by atoms with Gasteiger partial charge >= 0.3 is 0 Å². The number of fused-ring (bicyclic) bond motifs is 3. The van der Waals surface area contributed by atoms with Crippen LogP contribution in [-0.2, 0) is 30.5 Å². The molecule has 1 aromatic carbocycles. The number of thiophene rings is 1. The molecule has 0 saturated heterocycles. The lowest BCUT2D eigenvalue weighted by atomic mass is 10.1. The average Bonchev–Trinajstić information content (AvgIpc) is 2.90. The number of halogens is 1. The smallest absolute Gasteiger partial charge is 0.259 e. The fraction of sp³-hybridized carbons (Fsp3) is 0.409. The summed E-state index contributed by atoms with van der Waals surface area (Å²) in [5.41, 5.74) is 2.26. The molecule has 152 valence electrons. The lowest BCUT2D eigenvalue weighted by molar-refractivity contribution is -0.121. The molecular weight excluding hydrogens is 406 g/mol. The fourth-order valence-electron chi connectivity index (χ4n) is 3.82. The van der Waals surface area contributed by atoms with Gasteiger partial charge in [0, 0.05) is 29.3 Å². The van der Waals surface area contributed by atoms with Gasteiger partial charge < -0.3 is 10.3 Å². The van der Waals surface area contributed by atoms with Gasteiger partial charge in [0.2, 0.25) is 5.91 Å². The molecule has 1 aliphatic rings. The first kappa shape index (κ1) is 20.1. The Morgan fingerprint density at radius 2 is 1.93 bits per heavy atom. The molecule has 7 heteroatoms. The van der Waals surface area contributed by atoms with Crippen molar-refractivity contribution in [3.05, 3.63) is 61.5 Å². The molecule has 0 fully saturated rings. The number of aromatic amines is 1. The lowest BCUT2D eigenvalue weighted by Gasteiger charge is -2.06. The summed E-state index contributed by atoms with van der Waals surface area (Å²) in [7, 11) is 0. The highest BCUT2D eigenvalue weighted by Crippen LogP contribution is 2.32.